The van der Waals surface area contributed by atoms with Gasteiger partial charge in [0.25, 0.3) is 0 Å². The zero-order valence-corrected chi connectivity index (χ0v) is 43.5. The van der Waals surface area contributed by atoms with Crippen LogP contribution in [-0.2, 0) is 27.4 Å². The fraction of sp³-hybridized carbons (Fsp3) is 0.280. The van der Waals surface area contributed by atoms with Crippen LogP contribution in [0.3, 0.4) is 0 Å². The summed E-state index contributed by atoms with van der Waals surface area (Å²) in [4.78, 5) is 50.9. The molecule has 1 N–H and O–H groups in total. The lowest BCUT2D eigenvalue weighted by Crippen LogP contribution is -2.37. The van der Waals surface area contributed by atoms with Crippen molar-refractivity contribution in [3.8, 4) is 0 Å². The largest absolute Gasteiger partial charge is 0.463 e. The van der Waals surface area contributed by atoms with Gasteiger partial charge in [0.1, 0.15) is 5.52 Å². The van der Waals surface area contributed by atoms with Crippen LogP contribution in [0.1, 0.15) is 52.3 Å². The summed E-state index contributed by atoms with van der Waals surface area (Å²) < 4.78 is 20.5. The van der Waals surface area contributed by atoms with Gasteiger partial charge >= 0.3 is 17.1 Å². The van der Waals surface area contributed by atoms with E-state index in [0.29, 0.717) is 18.9 Å². The maximum absolute atomic E-state index is 11.8. The van der Waals surface area contributed by atoms with Gasteiger partial charge in [-0.2, -0.15) is 0 Å². The molecule has 0 aliphatic carbocycles. The number of hydrogen-bond donors (Lipinski definition) is 1. The second-order valence-electron chi connectivity index (χ2n) is 16.3. The molecule has 0 saturated carbocycles. The van der Waals surface area contributed by atoms with Crippen LogP contribution in [0.25, 0.3) is 50.8 Å². The summed E-state index contributed by atoms with van der Waals surface area (Å²) in [5.41, 5.74) is 10.4. The van der Waals surface area contributed by atoms with Gasteiger partial charge < -0.3 is 24.4 Å². The molecule has 0 aliphatic heterocycles. The van der Waals surface area contributed by atoms with E-state index in [1.165, 1.54) is 31.7 Å². The maximum Gasteiger partial charge on any atom is 0.385 e. The molecule has 358 valence electrons. The summed E-state index contributed by atoms with van der Waals surface area (Å²) in [6.07, 6.45) is 6.80. The number of aromatic nitrogens is 6. The number of hydrogen-bond acceptors (Lipinski definition) is 14. The highest BCUT2D eigenvalue weighted by Gasteiger charge is 2.22. The lowest BCUT2D eigenvalue weighted by atomic mass is 10.2. The normalized spacial score (nSPS) is 11.3. The van der Waals surface area contributed by atoms with Gasteiger partial charge in [-0.15, -0.1) is 0 Å². The first-order chi connectivity index (χ1) is 33.1. The Labute approximate surface area is 415 Å². The Morgan fingerprint density at radius 2 is 1.23 bits per heavy atom. The van der Waals surface area contributed by atoms with Crippen molar-refractivity contribution in [3.63, 3.8) is 0 Å². The number of aryl methyl sites for hydroxylation is 4. The van der Waals surface area contributed by atoms with Gasteiger partial charge in [-0.3, -0.25) is 8.80 Å². The summed E-state index contributed by atoms with van der Waals surface area (Å²) in [7, 11) is 7.72. The van der Waals surface area contributed by atoms with Crippen molar-refractivity contribution in [2.45, 2.75) is 54.7 Å². The molecule has 6 aromatic heterocycles. The Hall–Kier alpha value is -6.64. The highest BCUT2D eigenvalue weighted by atomic mass is 32.1. The van der Waals surface area contributed by atoms with E-state index in [9.17, 15) is 14.7 Å². The fourth-order valence-electron chi connectivity index (χ4n) is 6.94. The van der Waals surface area contributed by atoms with Crippen LogP contribution in [-0.4, -0.2) is 105 Å². The van der Waals surface area contributed by atoms with E-state index < -0.39 is 0 Å². The Morgan fingerprint density at radius 1 is 0.681 bits per heavy atom. The van der Waals surface area contributed by atoms with Crippen molar-refractivity contribution in [2.75, 3.05) is 41.4 Å². The van der Waals surface area contributed by atoms with Gasteiger partial charge in [0.2, 0.25) is 11.5 Å². The Morgan fingerprint density at radius 3 is 1.86 bits per heavy atom. The molecule has 0 amide bonds. The number of ether oxygens (including phenoxy) is 2. The third kappa shape index (κ3) is 12.2. The first kappa shape index (κ1) is 50.2. The minimum Gasteiger partial charge on any atom is -0.463 e. The van der Waals surface area contributed by atoms with Crippen LogP contribution >= 0.6 is 45.3 Å². The van der Waals surface area contributed by atoms with E-state index in [4.69, 9.17) is 9.47 Å². The van der Waals surface area contributed by atoms with Crippen LogP contribution in [0.4, 0.5) is 10.3 Å². The maximum atomic E-state index is 11.8. The van der Waals surface area contributed by atoms with E-state index in [-0.39, 0.29) is 25.1 Å². The predicted octanol–water partition coefficient (Wildman–Crippen LogP) is 10.5. The second kappa shape index (κ2) is 22.6. The zero-order valence-electron chi connectivity index (χ0n) is 40.3. The first-order valence-corrected chi connectivity index (χ1v) is 25.3. The minimum atomic E-state index is -0.328. The topological polar surface area (TPSA) is 155 Å². The molecule has 0 spiro atoms. The van der Waals surface area contributed by atoms with Crippen molar-refractivity contribution in [2.24, 2.45) is 9.98 Å². The van der Waals surface area contributed by atoms with Gasteiger partial charge in [-0.1, -0.05) is 58.3 Å². The average molecular weight is 1000 g/mol. The van der Waals surface area contributed by atoms with Crippen molar-refractivity contribution < 1.29 is 28.7 Å². The highest BCUT2D eigenvalue weighted by molar-refractivity contribution is 7.24. The van der Waals surface area contributed by atoms with Gasteiger partial charge in [-0.25, -0.2) is 34.1 Å². The van der Waals surface area contributed by atoms with Crippen molar-refractivity contribution in [3.05, 3.63) is 119 Å². The number of aliphatic hydroxyl groups is 1. The lowest BCUT2D eigenvalue weighted by Gasteiger charge is -2.01. The van der Waals surface area contributed by atoms with Gasteiger partial charge in [0.05, 0.1) is 79.6 Å². The Bertz CT molecular complexity index is 3460. The molecule has 0 aliphatic rings. The number of esters is 2. The number of fused-ring (bicyclic) bond motifs is 8. The number of carbonyl (C=O) groups excluding carboxylic acids is 2. The summed E-state index contributed by atoms with van der Waals surface area (Å²) in [6.45, 7) is 12.8. The molecule has 6 heterocycles. The van der Waals surface area contributed by atoms with Crippen LogP contribution in [0.2, 0.25) is 0 Å². The molecular formula is C50H55N10O5S4+. The number of rotatable bonds is 10. The van der Waals surface area contributed by atoms with Crippen LogP contribution < -0.4 is 4.57 Å². The number of benzene rings is 4. The summed E-state index contributed by atoms with van der Waals surface area (Å²) >= 11 is 6.42. The van der Waals surface area contributed by atoms with E-state index in [0.717, 1.165) is 57.3 Å². The molecule has 19 heteroatoms. The molecule has 0 saturated heterocycles. The lowest BCUT2D eigenvalue weighted by molar-refractivity contribution is -0.643. The smallest absolute Gasteiger partial charge is 0.385 e. The van der Waals surface area contributed by atoms with Gasteiger partial charge in [0, 0.05) is 28.2 Å². The molecule has 10 rings (SSSR count). The zero-order chi connectivity index (χ0) is 49.4. The molecule has 0 atom stereocenters. The third-order valence-corrected chi connectivity index (χ3v) is 14.1. The number of imidazole rings is 2. The molecule has 0 bridgehead atoms. The van der Waals surface area contributed by atoms with Crippen LogP contribution in [0.5, 0.6) is 0 Å². The van der Waals surface area contributed by atoms with Gasteiger partial charge in [0.15, 0.2) is 22.2 Å². The van der Waals surface area contributed by atoms with Crippen molar-refractivity contribution in [1.82, 2.24) is 33.6 Å². The molecule has 10 aromatic rings. The summed E-state index contributed by atoms with van der Waals surface area (Å²) in [6, 6.07) is 24.9. The quantitative estimate of drug-likeness (QED) is 0.0606. The molecule has 0 radical (unpaired) electrons. The van der Waals surface area contributed by atoms with Gasteiger partial charge in [-0.05, 0) is 129 Å². The number of carbonyl (C=O) groups is 2. The van der Waals surface area contributed by atoms with E-state index in [2.05, 4.69) is 88.2 Å². The number of thiazole rings is 4. The number of aliphatic imine (C=N–C) groups is 2. The molecule has 15 nitrogen and oxygen atoms in total. The highest BCUT2D eigenvalue weighted by Crippen LogP contribution is 2.31. The summed E-state index contributed by atoms with van der Waals surface area (Å²) in [5, 5.41) is 10.8. The molecular weight excluding hydrogens is 949 g/mol. The SMILES string of the molecule is CCOC(=O)C[n+]1c(N=CN(C)C)sc2cc(C)ccc21.CCOC(=O)c1cnc2sc3cc(C)ccc3n12.Cc1ccc2c(c1)sc1ncc(CO)n12.Cc1ccc2nc(N=CN(C)C)sc2c1. The monoisotopic (exact) mass is 1000 g/mol. The summed E-state index contributed by atoms with van der Waals surface area (Å²) in [5.74, 6) is -0.575. The third-order valence-electron chi connectivity index (χ3n) is 10.1. The average Bonchev–Trinajstić information content (AvgIpc) is 4.17. The Kier molecular flexibility index (Phi) is 16.5. The minimum absolute atomic E-state index is 0.0286. The molecule has 69 heavy (non-hydrogen) atoms. The standard InChI is InChI=1S/C15H20N3O2S.C13H12N2O2S.C11H13N3S.C11H10N2OS/c1-5-20-14(19)9-18-12-7-6-11(2)8-13(12)21-15(18)16-10-17(3)4;1-3-17-12(16)10-7-14-13-15(10)9-5-4-8(2)6-11(9)18-13;1-8-4-5-9-10(6-8)15-11(13-9)12-7-14(2)3;1-7-2-3-9-10(4-7)15-11-12-5-8(6-14)13(9)11/h6-8,10H,5,9H2,1-4H3;4-7H,3H2,1-2H3;4-7H,1-3H3;2-5,14H,6H2,1H3/q+1;;;. The fourth-order valence-corrected chi connectivity index (χ4v) is 11.2. The number of nitrogens with zero attached hydrogens (tertiary/aromatic N) is 10. The second-order valence-corrected chi connectivity index (χ2v) is 20.3. The van der Waals surface area contributed by atoms with E-state index in [1.807, 2.05) is 95.5 Å². The Balaban J connectivity index is 0.000000137. The number of aliphatic hydroxyl groups excluding tert-OH is 1. The van der Waals surface area contributed by atoms with Crippen molar-refractivity contribution in [1.29, 1.82) is 0 Å². The van der Waals surface area contributed by atoms with Crippen molar-refractivity contribution >= 4 is 131 Å². The van der Waals surface area contributed by atoms with Crippen LogP contribution in [0.15, 0.2) is 95.2 Å². The molecule has 0 fully saturated rings. The molecule has 0 unspecified atom stereocenters. The van der Waals surface area contributed by atoms with E-state index >= 15 is 0 Å². The van der Waals surface area contributed by atoms with E-state index in [1.54, 1.807) is 77.3 Å². The predicted molar refractivity (Wildman–Crippen MR) is 284 cm³/mol. The van der Waals surface area contributed by atoms with Crippen LogP contribution in [0, 0.1) is 27.7 Å². The first-order valence-electron chi connectivity index (χ1n) is 22.0. The molecule has 4 aromatic carbocycles.